The molecule has 0 spiro atoms. The molecule has 6 aromatic rings. The molecule has 0 saturated heterocycles. The summed E-state index contributed by atoms with van der Waals surface area (Å²) in [5.74, 6) is 2.00. The van der Waals surface area contributed by atoms with Crippen molar-refractivity contribution in [3.05, 3.63) is 139 Å². The molecule has 0 aliphatic heterocycles. The third-order valence-corrected chi connectivity index (χ3v) is 9.27. The van der Waals surface area contributed by atoms with Gasteiger partial charge in [0.1, 0.15) is 0 Å². The van der Waals surface area contributed by atoms with Gasteiger partial charge in [0.05, 0.1) is 0 Å². The summed E-state index contributed by atoms with van der Waals surface area (Å²) < 4.78 is 0. The van der Waals surface area contributed by atoms with E-state index in [4.69, 9.17) is 15.0 Å². The number of rotatable bonds is 4. The normalized spacial score (nSPS) is 14.6. The zero-order chi connectivity index (χ0) is 28.9. The Hall–Kier alpha value is -4.89. The summed E-state index contributed by atoms with van der Waals surface area (Å²) in [5.41, 5.74) is 10.6. The quantitative estimate of drug-likeness (QED) is 0.222. The maximum absolute atomic E-state index is 4.98. The molecule has 0 saturated carbocycles. The Bertz CT molecular complexity index is 1860. The fourth-order valence-corrected chi connectivity index (χ4v) is 6.37. The molecule has 0 fully saturated rings. The molecule has 7 rings (SSSR count). The van der Waals surface area contributed by atoms with Crippen molar-refractivity contribution in [1.82, 2.24) is 15.0 Å². The lowest BCUT2D eigenvalue weighted by Crippen LogP contribution is -2.43. The van der Waals surface area contributed by atoms with Crippen molar-refractivity contribution in [2.24, 2.45) is 0 Å². The number of fused-ring (bicyclic) bond motifs is 3. The first-order valence-electron chi connectivity index (χ1n) is 14.6. The van der Waals surface area contributed by atoms with Crippen LogP contribution in [0.2, 0.25) is 0 Å². The van der Waals surface area contributed by atoms with Crippen molar-refractivity contribution in [2.45, 2.75) is 38.5 Å². The van der Waals surface area contributed by atoms with E-state index in [-0.39, 0.29) is 10.8 Å². The smallest absolute Gasteiger partial charge is 0.164 e. The van der Waals surface area contributed by atoms with E-state index in [1.807, 2.05) is 60.7 Å². The summed E-state index contributed by atoms with van der Waals surface area (Å²) in [4.78, 5) is 14.8. The van der Waals surface area contributed by atoms with Crippen LogP contribution in [-0.2, 0) is 10.8 Å². The molecular formula is C39H33N3. The summed E-state index contributed by atoms with van der Waals surface area (Å²) in [6.45, 7) is 9.53. The molecule has 0 atom stereocenters. The second-order valence-corrected chi connectivity index (χ2v) is 12.1. The first kappa shape index (κ1) is 26.0. The van der Waals surface area contributed by atoms with Gasteiger partial charge in [-0.3, -0.25) is 0 Å². The number of nitrogens with zero attached hydrogens (tertiary/aromatic N) is 3. The molecule has 0 amide bonds. The van der Waals surface area contributed by atoms with Crippen molar-refractivity contribution in [2.75, 3.05) is 0 Å². The molecule has 0 unspecified atom stereocenters. The molecule has 1 heterocycles. The first-order chi connectivity index (χ1) is 20.3. The van der Waals surface area contributed by atoms with Gasteiger partial charge < -0.3 is 0 Å². The highest BCUT2D eigenvalue weighted by Crippen LogP contribution is 2.56. The van der Waals surface area contributed by atoms with Crippen molar-refractivity contribution < 1.29 is 0 Å². The molecule has 42 heavy (non-hydrogen) atoms. The lowest BCUT2D eigenvalue weighted by molar-refractivity contribution is 0.300. The molecule has 0 radical (unpaired) electrons. The summed E-state index contributed by atoms with van der Waals surface area (Å²) in [6.07, 6.45) is 0. The Morgan fingerprint density at radius 3 is 1.48 bits per heavy atom. The van der Waals surface area contributed by atoms with Crippen LogP contribution in [0.4, 0.5) is 0 Å². The fourth-order valence-electron chi connectivity index (χ4n) is 6.37. The molecule has 0 bridgehead atoms. The average molecular weight is 544 g/mol. The average Bonchev–Trinajstić information content (AvgIpc) is 3.04. The molecule has 204 valence electrons. The number of hydrogen-bond acceptors (Lipinski definition) is 3. The highest BCUT2D eigenvalue weighted by atomic mass is 15.0. The molecule has 3 nitrogen and oxygen atoms in total. The van der Waals surface area contributed by atoms with Crippen LogP contribution in [0.5, 0.6) is 0 Å². The van der Waals surface area contributed by atoms with Crippen LogP contribution in [0.3, 0.4) is 0 Å². The van der Waals surface area contributed by atoms with Crippen molar-refractivity contribution in [1.29, 1.82) is 0 Å². The molecule has 1 aliphatic carbocycles. The summed E-state index contributed by atoms with van der Waals surface area (Å²) in [7, 11) is 0. The predicted octanol–water partition coefficient (Wildman–Crippen LogP) is 9.78. The molecule has 0 N–H and O–H groups in total. The van der Waals surface area contributed by atoms with Crippen molar-refractivity contribution in [3.8, 4) is 56.4 Å². The molecule has 3 heteroatoms. The van der Waals surface area contributed by atoms with Crippen molar-refractivity contribution in [3.63, 3.8) is 0 Å². The lowest BCUT2D eigenvalue weighted by atomic mass is 9.54. The van der Waals surface area contributed by atoms with Gasteiger partial charge in [0.2, 0.25) is 0 Å². The summed E-state index contributed by atoms with van der Waals surface area (Å²) >= 11 is 0. The Labute approximate surface area is 248 Å². The van der Waals surface area contributed by atoms with Gasteiger partial charge in [-0.25, -0.2) is 15.0 Å². The standard InChI is InChI=1S/C39H33N3/c1-38(2)33-24-12-11-21-31(33)32-23-14-22-30(34(32)39(38,3)4)28-19-13-20-29(25-28)37-41-35(26-15-7-5-8-16-26)40-36(42-37)27-17-9-6-10-18-27/h5-25H,1-4H3. The van der Waals surface area contributed by atoms with E-state index < -0.39 is 0 Å². The molecule has 1 aromatic heterocycles. The minimum absolute atomic E-state index is 0.0479. The minimum Gasteiger partial charge on any atom is -0.208 e. The van der Waals surface area contributed by atoms with E-state index in [1.54, 1.807) is 0 Å². The Kier molecular flexibility index (Phi) is 6.13. The van der Waals surface area contributed by atoms with Gasteiger partial charge in [-0.05, 0) is 44.9 Å². The van der Waals surface area contributed by atoms with E-state index in [2.05, 4.69) is 94.4 Å². The third kappa shape index (κ3) is 4.16. The van der Waals surface area contributed by atoms with Crippen LogP contribution in [0.15, 0.2) is 127 Å². The second-order valence-electron chi connectivity index (χ2n) is 12.1. The van der Waals surface area contributed by atoms with Crippen LogP contribution >= 0.6 is 0 Å². The number of hydrogen-bond donors (Lipinski definition) is 0. The zero-order valence-corrected chi connectivity index (χ0v) is 24.5. The van der Waals surface area contributed by atoms with Crippen molar-refractivity contribution >= 4 is 0 Å². The van der Waals surface area contributed by atoms with Gasteiger partial charge >= 0.3 is 0 Å². The monoisotopic (exact) mass is 543 g/mol. The van der Waals surface area contributed by atoms with E-state index in [1.165, 1.54) is 27.8 Å². The van der Waals surface area contributed by atoms with Gasteiger partial charge in [-0.1, -0.05) is 149 Å². The Balaban J connectivity index is 1.41. The van der Waals surface area contributed by atoms with E-state index >= 15 is 0 Å². The van der Waals surface area contributed by atoms with Gasteiger partial charge in [0.25, 0.3) is 0 Å². The topological polar surface area (TPSA) is 38.7 Å². The number of benzene rings is 5. The molecule has 1 aliphatic rings. The number of aromatic nitrogens is 3. The van der Waals surface area contributed by atoms with Gasteiger partial charge in [0.15, 0.2) is 17.5 Å². The summed E-state index contributed by atoms with van der Waals surface area (Å²) in [5, 5.41) is 0. The van der Waals surface area contributed by atoms with E-state index in [0.717, 1.165) is 22.3 Å². The molecule has 5 aromatic carbocycles. The van der Waals surface area contributed by atoms with Gasteiger partial charge in [-0.2, -0.15) is 0 Å². The highest BCUT2D eigenvalue weighted by Gasteiger charge is 2.46. The fraction of sp³-hybridized carbons (Fsp3) is 0.154. The van der Waals surface area contributed by atoms with Gasteiger partial charge in [0, 0.05) is 22.1 Å². The lowest BCUT2D eigenvalue weighted by Gasteiger charge is -2.49. The van der Waals surface area contributed by atoms with E-state index in [9.17, 15) is 0 Å². The van der Waals surface area contributed by atoms with Gasteiger partial charge in [-0.15, -0.1) is 0 Å². The highest BCUT2D eigenvalue weighted by molar-refractivity contribution is 5.86. The maximum atomic E-state index is 4.98. The zero-order valence-electron chi connectivity index (χ0n) is 24.5. The largest absolute Gasteiger partial charge is 0.208 e. The molecular weight excluding hydrogens is 510 g/mol. The Morgan fingerprint density at radius 2 is 0.833 bits per heavy atom. The van der Waals surface area contributed by atoms with Crippen LogP contribution in [0.1, 0.15) is 38.8 Å². The SMILES string of the molecule is CC1(C)c2ccccc2-c2cccc(-c3cccc(-c4nc(-c5ccccc5)nc(-c5ccccc5)n4)c3)c2C1(C)C. The third-order valence-electron chi connectivity index (χ3n) is 9.27. The summed E-state index contributed by atoms with van der Waals surface area (Å²) in [6, 6.07) is 44.5. The van der Waals surface area contributed by atoms with Crippen LogP contribution < -0.4 is 0 Å². The first-order valence-corrected chi connectivity index (χ1v) is 14.6. The van der Waals surface area contributed by atoms with E-state index in [0.29, 0.717) is 17.5 Å². The predicted molar refractivity (Wildman–Crippen MR) is 173 cm³/mol. The maximum Gasteiger partial charge on any atom is 0.164 e. The minimum atomic E-state index is -0.0998. The van der Waals surface area contributed by atoms with Crippen LogP contribution in [0.25, 0.3) is 56.4 Å². The van der Waals surface area contributed by atoms with Crippen LogP contribution in [0, 0.1) is 0 Å². The Morgan fingerprint density at radius 1 is 0.381 bits per heavy atom. The second kappa shape index (κ2) is 9.88. The van der Waals surface area contributed by atoms with Crippen LogP contribution in [-0.4, -0.2) is 15.0 Å².